The van der Waals surface area contributed by atoms with Crippen LogP contribution >= 0.6 is 11.6 Å². The number of phenols is 1. The summed E-state index contributed by atoms with van der Waals surface area (Å²) >= 11 is 6.21. The Morgan fingerprint density at radius 3 is 2.52 bits per heavy atom. The van der Waals surface area contributed by atoms with Gasteiger partial charge in [-0.25, -0.2) is 0 Å². The second-order valence-corrected chi connectivity index (χ2v) is 4.85. The van der Waals surface area contributed by atoms with E-state index in [1.807, 2.05) is 31.2 Å². The van der Waals surface area contributed by atoms with Crippen LogP contribution in [0.2, 0.25) is 5.02 Å². The van der Waals surface area contributed by atoms with Crippen LogP contribution in [0, 0.1) is 0 Å². The SMILES string of the molecule is CCOc1cc(CNc2ccc(O)cc2)cc(Cl)c1OC. The minimum atomic E-state index is 0.242. The van der Waals surface area contributed by atoms with Gasteiger partial charge in [0.05, 0.1) is 18.7 Å². The Kier molecular flexibility index (Phi) is 5.17. The summed E-state index contributed by atoms with van der Waals surface area (Å²) in [4.78, 5) is 0. The summed E-state index contributed by atoms with van der Waals surface area (Å²) in [5, 5.41) is 13.0. The Hall–Kier alpha value is -2.07. The average molecular weight is 308 g/mol. The Labute approximate surface area is 129 Å². The topological polar surface area (TPSA) is 50.7 Å². The lowest BCUT2D eigenvalue weighted by atomic mass is 10.2. The van der Waals surface area contributed by atoms with Gasteiger partial charge in [-0.05, 0) is 48.9 Å². The summed E-state index contributed by atoms with van der Waals surface area (Å²) < 4.78 is 10.8. The van der Waals surface area contributed by atoms with Crippen molar-refractivity contribution >= 4 is 17.3 Å². The number of methoxy groups -OCH3 is 1. The van der Waals surface area contributed by atoms with Gasteiger partial charge in [0.1, 0.15) is 5.75 Å². The van der Waals surface area contributed by atoms with Crippen molar-refractivity contribution in [2.45, 2.75) is 13.5 Å². The van der Waals surface area contributed by atoms with E-state index in [0.29, 0.717) is 29.7 Å². The van der Waals surface area contributed by atoms with Crippen LogP contribution in [-0.4, -0.2) is 18.8 Å². The summed E-state index contributed by atoms with van der Waals surface area (Å²) in [6, 6.07) is 10.6. The molecule has 0 aromatic heterocycles. The number of halogens is 1. The van der Waals surface area contributed by atoms with Crippen molar-refractivity contribution < 1.29 is 14.6 Å². The molecule has 2 aromatic carbocycles. The van der Waals surface area contributed by atoms with Crippen molar-refractivity contribution in [1.82, 2.24) is 0 Å². The van der Waals surface area contributed by atoms with E-state index in [9.17, 15) is 5.11 Å². The second-order valence-electron chi connectivity index (χ2n) is 4.44. The fraction of sp³-hybridized carbons (Fsp3) is 0.250. The number of hydrogen-bond donors (Lipinski definition) is 2. The quantitative estimate of drug-likeness (QED) is 0.790. The summed E-state index contributed by atoms with van der Waals surface area (Å²) in [6.45, 7) is 3.05. The van der Waals surface area contributed by atoms with Gasteiger partial charge in [-0.15, -0.1) is 0 Å². The third kappa shape index (κ3) is 3.95. The van der Waals surface area contributed by atoms with E-state index in [0.717, 1.165) is 11.3 Å². The van der Waals surface area contributed by atoms with Gasteiger partial charge in [0.2, 0.25) is 0 Å². The Balaban J connectivity index is 2.14. The lowest BCUT2D eigenvalue weighted by Crippen LogP contribution is -2.02. The molecule has 2 N–H and O–H groups in total. The molecular formula is C16H18ClNO3. The first kappa shape index (κ1) is 15.3. The highest BCUT2D eigenvalue weighted by molar-refractivity contribution is 6.32. The first-order valence-electron chi connectivity index (χ1n) is 6.66. The standard InChI is InChI=1S/C16H18ClNO3/c1-3-21-15-9-11(8-14(17)16(15)20-2)10-18-12-4-6-13(19)7-5-12/h4-9,18-19H,3,10H2,1-2H3. The maximum absolute atomic E-state index is 9.26. The first-order valence-corrected chi connectivity index (χ1v) is 7.04. The molecule has 0 saturated carbocycles. The van der Waals surface area contributed by atoms with E-state index >= 15 is 0 Å². The van der Waals surface area contributed by atoms with E-state index in [4.69, 9.17) is 21.1 Å². The number of benzene rings is 2. The zero-order chi connectivity index (χ0) is 15.2. The van der Waals surface area contributed by atoms with E-state index < -0.39 is 0 Å². The number of ether oxygens (including phenoxy) is 2. The van der Waals surface area contributed by atoms with Gasteiger partial charge in [0.25, 0.3) is 0 Å². The summed E-state index contributed by atoms with van der Waals surface area (Å²) in [7, 11) is 1.57. The van der Waals surface area contributed by atoms with Crippen molar-refractivity contribution in [3.8, 4) is 17.2 Å². The molecular weight excluding hydrogens is 290 g/mol. The zero-order valence-corrected chi connectivity index (χ0v) is 12.8. The molecule has 2 aromatic rings. The van der Waals surface area contributed by atoms with Gasteiger partial charge in [0.15, 0.2) is 11.5 Å². The largest absolute Gasteiger partial charge is 0.508 e. The first-order chi connectivity index (χ1) is 10.1. The van der Waals surface area contributed by atoms with Gasteiger partial charge in [-0.2, -0.15) is 0 Å². The van der Waals surface area contributed by atoms with E-state index in [2.05, 4.69) is 5.32 Å². The third-order valence-corrected chi connectivity index (χ3v) is 3.22. The molecule has 112 valence electrons. The van der Waals surface area contributed by atoms with Crippen molar-refractivity contribution in [2.24, 2.45) is 0 Å². The number of phenolic OH excluding ortho intramolecular Hbond substituents is 1. The molecule has 0 fully saturated rings. The minimum Gasteiger partial charge on any atom is -0.508 e. The molecule has 5 heteroatoms. The van der Waals surface area contributed by atoms with Crippen LogP contribution in [0.5, 0.6) is 17.2 Å². The van der Waals surface area contributed by atoms with Crippen molar-refractivity contribution in [2.75, 3.05) is 19.0 Å². The van der Waals surface area contributed by atoms with E-state index in [1.54, 1.807) is 19.2 Å². The molecule has 0 bridgehead atoms. The molecule has 0 unspecified atom stereocenters. The van der Waals surface area contributed by atoms with Crippen LogP contribution in [-0.2, 0) is 6.54 Å². The molecule has 0 heterocycles. The molecule has 0 atom stereocenters. The fourth-order valence-electron chi connectivity index (χ4n) is 1.97. The van der Waals surface area contributed by atoms with Crippen LogP contribution in [0.25, 0.3) is 0 Å². The van der Waals surface area contributed by atoms with Crippen molar-refractivity contribution in [3.63, 3.8) is 0 Å². The highest BCUT2D eigenvalue weighted by Crippen LogP contribution is 2.36. The maximum atomic E-state index is 9.26. The summed E-state index contributed by atoms with van der Waals surface area (Å²) in [6.07, 6.45) is 0. The molecule has 2 rings (SSSR count). The number of rotatable bonds is 6. The lowest BCUT2D eigenvalue weighted by Gasteiger charge is -2.14. The van der Waals surface area contributed by atoms with Crippen LogP contribution < -0.4 is 14.8 Å². The molecule has 0 radical (unpaired) electrons. The smallest absolute Gasteiger partial charge is 0.179 e. The average Bonchev–Trinajstić information content (AvgIpc) is 2.47. The van der Waals surface area contributed by atoms with Gasteiger partial charge in [-0.1, -0.05) is 11.6 Å². The number of aromatic hydroxyl groups is 1. The molecule has 0 saturated heterocycles. The normalized spacial score (nSPS) is 10.2. The molecule has 4 nitrogen and oxygen atoms in total. The highest BCUT2D eigenvalue weighted by atomic mass is 35.5. The van der Waals surface area contributed by atoms with Gasteiger partial charge in [-0.3, -0.25) is 0 Å². The maximum Gasteiger partial charge on any atom is 0.179 e. The monoisotopic (exact) mass is 307 g/mol. The van der Waals surface area contributed by atoms with Gasteiger partial charge >= 0.3 is 0 Å². The van der Waals surface area contributed by atoms with Crippen LogP contribution in [0.4, 0.5) is 5.69 Å². The highest BCUT2D eigenvalue weighted by Gasteiger charge is 2.11. The molecule has 21 heavy (non-hydrogen) atoms. The van der Waals surface area contributed by atoms with E-state index in [-0.39, 0.29) is 5.75 Å². The number of hydrogen-bond acceptors (Lipinski definition) is 4. The zero-order valence-electron chi connectivity index (χ0n) is 12.0. The van der Waals surface area contributed by atoms with Crippen molar-refractivity contribution in [1.29, 1.82) is 0 Å². The lowest BCUT2D eigenvalue weighted by molar-refractivity contribution is 0.310. The number of anilines is 1. The van der Waals surface area contributed by atoms with Crippen LogP contribution in [0.3, 0.4) is 0 Å². The Bertz CT molecular complexity index is 599. The second kappa shape index (κ2) is 7.09. The Morgan fingerprint density at radius 1 is 1.19 bits per heavy atom. The van der Waals surface area contributed by atoms with Gasteiger partial charge < -0.3 is 19.9 Å². The fourth-order valence-corrected chi connectivity index (χ4v) is 2.28. The molecule has 0 spiro atoms. The van der Waals surface area contributed by atoms with Crippen molar-refractivity contribution in [3.05, 3.63) is 47.0 Å². The molecule has 0 aliphatic carbocycles. The van der Waals surface area contributed by atoms with E-state index in [1.165, 1.54) is 0 Å². The predicted octanol–water partition coefficient (Wildman–Crippen LogP) is 4.07. The Morgan fingerprint density at radius 2 is 1.90 bits per heavy atom. The third-order valence-electron chi connectivity index (χ3n) is 2.94. The minimum absolute atomic E-state index is 0.242. The summed E-state index contributed by atoms with van der Waals surface area (Å²) in [5.74, 6) is 1.42. The molecule has 0 aliphatic heterocycles. The predicted molar refractivity (Wildman–Crippen MR) is 84.6 cm³/mol. The van der Waals surface area contributed by atoms with Gasteiger partial charge in [0, 0.05) is 12.2 Å². The van der Waals surface area contributed by atoms with Crippen LogP contribution in [0.1, 0.15) is 12.5 Å². The molecule has 0 amide bonds. The number of nitrogens with one attached hydrogen (secondary N) is 1. The summed E-state index contributed by atoms with van der Waals surface area (Å²) in [5.41, 5.74) is 1.90. The van der Waals surface area contributed by atoms with Crippen LogP contribution in [0.15, 0.2) is 36.4 Å². The molecule has 0 aliphatic rings.